The maximum atomic E-state index is 13.3. The molecule has 0 spiro atoms. The Labute approximate surface area is 227 Å². The first-order valence-electron chi connectivity index (χ1n) is 13.0. The number of carbonyl (C=O) groups excluding carboxylic acids is 1. The zero-order valence-corrected chi connectivity index (χ0v) is 22.8. The molecule has 7 nitrogen and oxygen atoms in total. The van der Waals surface area contributed by atoms with Crippen molar-refractivity contribution in [2.75, 3.05) is 5.32 Å². The van der Waals surface area contributed by atoms with E-state index in [4.69, 9.17) is 4.98 Å². The highest BCUT2D eigenvalue weighted by molar-refractivity contribution is 7.21. The second kappa shape index (κ2) is 8.74. The fourth-order valence-electron chi connectivity index (χ4n) is 6.23. The van der Waals surface area contributed by atoms with Gasteiger partial charge < -0.3 is 15.0 Å². The Morgan fingerprint density at radius 2 is 1.89 bits per heavy atom. The number of aryl methyl sites for hydroxylation is 2. The molecular weight excluding hydrogens is 516 g/mol. The molecule has 7 rings (SSSR count). The number of hydrogen-bond acceptors (Lipinski definition) is 6. The van der Waals surface area contributed by atoms with Crippen molar-refractivity contribution in [2.24, 2.45) is 0 Å². The van der Waals surface area contributed by atoms with Crippen LogP contribution in [0.25, 0.3) is 42.9 Å². The van der Waals surface area contributed by atoms with Crippen molar-refractivity contribution < 1.29 is 14.7 Å². The molecule has 2 N–H and O–H groups in total. The van der Waals surface area contributed by atoms with Crippen molar-refractivity contribution in [3.8, 4) is 21.8 Å². The molecule has 2 aliphatic rings. The summed E-state index contributed by atoms with van der Waals surface area (Å²) in [4.78, 5) is 36.0. The predicted octanol–water partition coefficient (Wildman–Crippen LogP) is 7.36. The van der Waals surface area contributed by atoms with Gasteiger partial charge in [0.2, 0.25) is 5.91 Å². The van der Waals surface area contributed by atoms with Crippen LogP contribution in [-0.4, -0.2) is 31.5 Å². The third-order valence-corrected chi connectivity index (χ3v) is 10.1. The van der Waals surface area contributed by atoms with Crippen molar-refractivity contribution in [2.45, 2.75) is 58.4 Å². The van der Waals surface area contributed by atoms with E-state index in [1.807, 2.05) is 30.5 Å². The zero-order valence-electron chi connectivity index (χ0n) is 21.1. The van der Waals surface area contributed by atoms with E-state index >= 15 is 0 Å². The lowest BCUT2D eigenvalue weighted by Gasteiger charge is -2.23. The standard InChI is InChI=1S/C29H26N4O3S2/c1-14-27(37-15(2)30-14)20-11-8-17-19(31-20)10-9-18-25(17)32-23(34)13-33-21-12-22(29(35)36)38-28(21)24(26(18)33)16-6-4-3-5-7-16/h8-12,16H,3-7,13H2,1-2H3,(H,32,34)(H,35,36). The van der Waals surface area contributed by atoms with Crippen molar-refractivity contribution >= 4 is 61.4 Å². The number of aromatic carboxylic acids is 1. The third kappa shape index (κ3) is 3.60. The van der Waals surface area contributed by atoms with Crippen LogP contribution in [0.4, 0.5) is 5.69 Å². The van der Waals surface area contributed by atoms with E-state index in [0.717, 1.165) is 72.2 Å². The van der Waals surface area contributed by atoms with Crippen LogP contribution in [-0.2, 0) is 11.3 Å². The number of fused-ring (bicyclic) bond motifs is 7. The summed E-state index contributed by atoms with van der Waals surface area (Å²) in [7, 11) is 0. The van der Waals surface area contributed by atoms with E-state index in [2.05, 4.69) is 22.4 Å². The highest BCUT2D eigenvalue weighted by Gasteiger charge is 2.32. The summed E-state index contributed by atoms with van der Waals surface area (Å²) in [6, 6.07) is 9.92. The van der Waals surface area contributed by atoms with Gasteiger partial charge in [-0.25, -0.2) is 14.8 Å². The Kier molecular flexibility index (Phi) is 5.42. The number of carboxylic acid groups (broad SMARTS) is 1. The number of carboxylic acids is 1. The quantitative estimate of drug-likeness (QED) is 0.248. The van der Waals surface area contributed by atoms with E-state index in [1.54, 1.807) is 17.4 Å². The minimum atomic E-state index is -0.923. The van der Waals surface area contributed by atoms with Gasteiger partial charge in [0.25, 0.3) is 0 Å². The van der Waals surface area contributed by atoms with Gasteiger partial charge in [0.1, 0.15) is 11.4 Å². The topological polar surface area (TPSA) is 97.1 Å². The van der Waals surface area contributed by atoms with E-state index in [9.17, 15) is 14.7 Å². The average molecular weight is 543 g/mol. The maximum absolute atomic E-state index is 13.3. The van der Waals surface area contributed by atoms with Crippen LogP contribution in [0.15, 0.2) is 30.3 Å². The highest BCUT2D eigenvalue weighted by Crippen LogP contribution is 2.50. The molecule has 192 valence electrons. The van der Waals surface area contributed by atoms with Gasteiger partial charge in [-0.1, -0.05) is 19.3 Å². The molecule has 1 aliphatic carbocycles. The molecule has 4 aromatic heterocycles. The summed E-state index contributed by atoms with van der Waals surface area (Å²) in [6.45, 7) is 4.15. The van der Waals surface area contributed by atoms with Crippen molar-refractivity contribution in [3.63, 3.8) is 0 Å². The maximum Gasteiger partial charge on any atom is 0.345 e. The van der Waals surface area contributed by atoms with Crippen LogP contribution in [0.3, 0.4) is 0 Å². The van der Waals surface area contributed by atoms with E-state index < -0.39 is 5.97 Å². The lowest BCUT2D eigenvalue weighted by atomic mass is 9.83. The van der Waals surface area contributed by atoms with Gasteiger partial charge in [0.05, 0.1) is 48.4 Å². The fourth-order valence-corrected chi connectivity index (χ4v) is 8.25. The summed E-state index contributed by atoms with van der Waals surface area (Å²) in [6.07, 6.45) is 5.72. The summed E-state index contributed by atoms with van der Waals surface area (Å²) in [5, 5.41) is 14.8. The normalized spacial score (nSPS) is 15.9. The Balaban J connectivity index is 1.48. The zero-order chi connectivity index (χ0) is 26.1. The minimum absolute atomic E-state index is 0.120. The van der Waals surface area contributed by atoms with Crippen LogP contribution in [0, 0.1) is 13.8 Å². The number of nitrogens with zero attached hydrogens (tertiary/aromatic N) is 3. The number of benzene rings is 1. The lowest BCUT2D eigenvalue weighted by Crippen LogP contribution is -2.16. The van der Waals surface area contributed by atoms with Gasteiger partial charge in [-0.15, -0.1) is 22.7 Å². The summed E-state index contributed by atoms with van der Waals surface area (Å²) < 4.78 is 3.05. The molecule has 1 fully saturated rings. The van der Waals surface area contributed by atoms with Gasteiger partial charge in [0.15, 0.2) is 0 Å². The molecule has 38 heavy (non-hydrogen) atoms. The number of amides is 1. The lowest BCUT2D eigenvalue weighted by molar-refractivity contribution is -0.116. The summed E-state index contributed by atoms with van der Waals surface area (Å²) in [5.41, 5.74) is 7.52. The second-order valence-electron chi connectivity index (χ2n) is 10.3. The number of carbonyl (C=O) groups is 2. The van der Waals surface area contributed by atoms with E-state index in [1.165, 1.54) is 36.2 Å². The van der Waals surface area contributed by atoms with Crippen molar-refractivity contribution in [3.05, 3.63) is 51.5 Å². The van der Waals surface area contributed by atoms with Crippen LogP contribution in [0.1, 0.15) is 64.0 Å². The Morgan fingerprint density at radius 1 is 1.08 bits per heavy atom. The van der Waals surface area contributed by atoms with Crippen LogP contribution in [0.2, 0.25) is 0 Å². The fraction of sp³-hybridized carbons (Fsp3) is 0.310. The number of nitrogens with one attached hydrogen (secondary N) is 1. The third-order valence-electron chi connectivity index (χ3n) is 7.83. The number of anilines is 1. The monoisotopic (exact) mass is 542 g/mol. The van der Waals surface area contributed by atoms with Gasteiger partial charge in [-0.2, -0.15) is 0 Å². The van der Waals surface area contributed by atoms with Crippen molar-refractivity contribution in [1.82, 2.24) is 14.5 Å². The number of thiophene rings is 1. The first kappa shape index (κ1) is 23.5. The molecule has 1 amide bonds. The van der Waals surface area contributed by atoms with Gasteiger partial charge in [0, 0.05) is 10.9 Å². The highest BCUT2D eigenvalue weighted by atomic mass is 32.1. The average Bonchev–Trinajstić information content (AvgIpc) is 3.54. The number of pyridine rings is 1. The molecule has 1 aromatic carbocycles. The molecule has 5 heterocycles. The van der Waals surface area contributed by atoms with Crippen LogP contribution in [0.5, 0.6) is 0 Å². The molecule has 0 bridgehead atoms. The Bertz CT molecular complexity index is 1790. The Hall–Kier alpha value is -3.56. The molecule has 0 saturated heterocycles. The summed E-state index contributed by atoms with van der Waals surface area (Å²) >= 11 is 2.98. The first-order valence-corrected chi connectivity index (χ1v) is 14.6. The molecule has 0 radical (unpaired) electrons. The molecule has 1 saturated carbocycles. The number of hydrogen-bond donors (Lipinski definition) is 2. The van der Waals surface area contributed by atoms with E-state index in [0.29, 0.717) is 10.8 Å². The van der Waals surface area contributed by atoms with Gasteiger partial charge in [-0.3, -0.25) is 4.79 Å². The molecule has 0 unspecified atom stereocenters. The molecule has 9 heteroatoms. The largest absolute Gasteiger partial charge is 0.477 e. The van der Waals surface area contributed by atoms with Crippen LogP contribution >= 0.6 is 22.7 Å². The first-order chi connectivity index (χ1) is 18.4. The SMILES string of the molecule is Cc1nc(C)c(-c2ccc3c4c(ccc3n2)-c2c(C3CCCCC3)c3sc(C(=O)O)cc3n2CC(=O)N4)s1. The molecule has 5 aromatic rings. The number of thiazole rings is 1. The smallest absolute Gasteiger partial charge is 0.345 e. The minimum Gasteiger partial charge on any atom is -0.477 e. The second-order valence-corrected chi connectivity index (χ2v) is 12.5. The molecule has 0 atom stereocenters. The van der Waals surface area contributed by atoms with Gasteiger partial charge in [-0.05, 0) is 68.5 Å². The predicted molar refractivity (Wildman–Crippen MR) is 153 cm³/mol. The molecular formula is C29H26N4O3S2. The number of aromatic nitrogens is 3. The Morgan fingerprint density at radius 3 is 2.63 bits per heavy atom. The van der Waals surface area contributed by atoms with Crippen LogP contribution < -0.4 is 5.32 Å². The molecule has 1 aliphatic heterocycles. The van der Waals surface area contributed by atoms with Crippen molar-refractivity contribution in [1.29, 1.82) is 0 Å². The number of rotatable bonds is 3. The van der Waals surface area contributed by atoms with E-state index in [-0.39, 0.29) is 12.5 Å². The summed E-state index contributed by atoms with van der Waals surface area (Å²) in [5.74, 6) is -0.698. The van der Waals surface area contributed by atoms with Gasteiger partial charge >= 0.3 is 5.97 Å².